The Kier molecular flexibility index (Phi) is 10.3. The Hall–Kier alpha value is -2.90. The number of nitrogens with one attached hydrogen (secondary N) is 1. The number of hydrogen-bond donors (Lipinski definition) is 3. The average molecular weight is 761 g/mol. The van der Waals surface area contributed by atoms with Gasteiger partial charge in [-0.15, -0.1) is 6.42 Å². The van der Waals surface area contributed by atoms with Crippen LogP contribution < -0.4 is 13.6 Å². The van der Waals surface area contributed by atoms with E-state index >= 15 is 0 Å². The van der Waals surface area contributed by atoms with Gasteiger partial charge in [0.2, 0.25) is 0 Å². The van der Waals surface area contributed by atoms with E-state index in [1.165, 1.54) is 16.9 Å². The molecule has 0 aromatic heterocycles. The summed E-state index contributed by atoms with van der Waals surface area (Å²) in [4.78, 5) is 19.7. The van der Waals surface area contributed by atoms with Crippen LogP contribution in [0.2, 0.25) is 13.3 Å². The second-order valence-electron chi connectivity index (χ2n) is 14.7. The third-order valence-electron chi connectivity index (χ3n) is 12.2. The number of phenols is 1. The Morgan fingerprint density at radius 1 is 1.15 bits per heavy atom. The molecular formula is C38H51N5O4Sn. The molecule has 2 aromatic carbocycles. The van der Waals surface area contributed by atoms with Crippen molar-refractivity contribution in [1.29, 1.82) is 0 Å². The van der Waals surface area contributed by atoms with Gasteiger partial charge in [-0.25, -0.2) is 0 Å². The van der Waals surface area contributed by atoms with Crippen molar-refractivity contribution in [3.63, 3.8) is 0 Å². The summed E-state index contributed by atoms with van der Waals surface area (Å²) in [6.07, 6.45) is 14.3. The summed E-state index contributed by atoms with van der Waals surface area (Å²) in [5.41, 5.74) is 10.9. The quantitative estimate of drug-likeness (QED) is 0.0630. The molecule has 6 rings (SSSR count). The van der Waals surface area contributed by atoms with Crippen LogP contribution >= 0.6 is 0 Å². The van der Waals surface area contributed by atoms with Crippen molar-refractivity contribution >= 4 is 33.6 Å². The van der Waals surface area contributed by atoms with Gasteiger partial charge in [0, 0.05) is 0 Å². The van der Waals surface area contributed by atoms with Gasteiger partial charge in [0.25, 0.3) is 0 Å². The SMILES string of the molecule is C#CCN1CC[C@]23c4c5ccc(O)c4OC2[C@H](NC(=O)c2ccc(N=[N+]=[N-])[c]([Sn]([CH2]CCC)([CH2]CCC)[CH2]CCC)c2)CC[C@@]3(O)C1C5. The van der Waals surface area contributed by atoms with Gasteiger partial charge in [-0.3, -0.25) is 0 Å². The number of azide groups is 1. The van der Waals surface area contributed by atoms with Crippen LogP contribution in [0.1, 0.15) is 100 Å². The number of aliphatic hydroxyl groups is 1. The fourth-order valence-electron chi connectivity index (χ4n) is 9.90. The van der Waals surface area contributed by atoms with Gasteiger partial charge in [-0.1, -0.05) is 5.92 Å². The molecule has 1 amide bonds. The number of carbonyl (C=O) groups is 1. The van der Waals surface area contributed by atoms with E-state index in [1.54, 1.807) is 12.1 Å². The molecule has 2 unspecified atom stereocenters. The maximum atomic E-state index is 14.3. The number of rotatable bonds is 14. The summed E-state index contributed by atoms with van der Waals surface area (Å²) in [6, 6.07) is 8.81. The number of nitrogens with zero attached hydrogens (tertiary/aromatic N) is 4. The van der Waals surface area contributed by atoms with Crippen molar-refractivity contribution < 1.29 is 19.7 Å². The van der Waals surface area contributed by atoms with E-state index in [9.17, 15) is 20.5 Å². The molecule has 3 N–H and O–H groups in total. The van der Waals surface area contributed by atoms with Gasteiger partial charge in [-0.2, -0.15) is 0 Å². The maximum absolute atomic E-state index is 14.3. The molecule has 2 aliphatic heterocycles. The molecule has 10 heteroatoms. The first-order valence-electron chi connectivity index (χ1n) is 18.2. The molecule has 48 heavy (non-hydrogen) atoms. The van der Waals surface area contributed by atoms with E-state index in [0.29, 0.717) is 55.8 Å². The Morgan fingerprint density at radius 2 is 1.85 bits per heavy atom. The van der Waals surface area contributed by atoms with E-state index in [1.807, 2.05) is 12.1 Å². The van der Waals surface area contributed by atoms with Crippen LogP contribution in [0.15, 0.2) is 35.4 Å². The Morgan fingerprint density at radius 3 is 2.50 bits per heavy atom. The predicted octanol–water partition coefficient (Wildman–Crippen LogP) is 6.98. The van der Waals surface area contributed by atoms with Gasteiger partial charge in [0.15, 0.2) is 0 Å². The number of amides is 1. The Bertz CT molecular complexity index is 1610. The van der Waals surface area contributed by atoms with Crippen molar-refractivity contribution in [2.24, 2.45) is 5.11 Å². The summed E-state index contributed by atoms with van der Waals surface area (Å²) in [5.74, 6) is 3.12. The summed E-state index contributed by atoms with van der Waals surface area (Å²) < 4.78 is 11.4. The summed E-state index contributed by atoms with van der Waals surface area (Å²) in [6.45, 7) is 7.87. The third kappa shape index (κ3) is 5.57. The van der Waals surface area contributed by atoms with E-state index in [-0.39, 0.29) is 23.7 Å². The van der Waals surface area contributed by atoms with Crippen LogP contribution in [-0.4, -0.2) is 76.3 Å². The molecule has 0 radical (unpaired) electrons. The number of unbranched alkanes of at least 4 members (excludes halogenated alkanes) is 3. The second-order valence-corrected chi connectivity index (χ2v) is 27.8. The van der Waals surface area contributed by atoms with E-state index in [4.69, 9.17) is 11.2 Å². The number of benzene rings is 2. The Balaban J connectivity index is 1.36. The van der Waals surface area contributed by atoms with Crippen LogP contribution in [-0.2, 0) is 11.8 Å². The molecule has 256 valence electrons. The summed E-state index contributed by atoms with van der Waals surface area (Å²) in [7, 11) is 0. The zero-order valence-electron chi connectivity index (χ0n) is 28.8. The number of aromatic hydroxyl groups is 1. The van der Waals surface area contributed by atoms with Crippen LogP contribution in [0.25, 0.3) is 10.4 Å². The third-order valence-corrected chi connectivity index (χ3v) is 27.8. The van der Waals surface area contributed by atoms with E-state index in [0.717, 1.165) is 49.7 Å². The summed E-state index contributed by atoms with van der Waals surface area (Å²) >= 11 is -3.10. The van der Waals surface area contributed by atoms with Crippen LogP contribution in [0.5, 0.6) is 11.5 Å². The molecule has 9 nitrogen and oxygen atoms in total. The molecule has 2 aliphatic carbocycles. The monoisotopic (exact) mass is 761 g/mol. The molecule has 2 heterocycles. The first kappa shape index (κ1) is 34.9. The zero-order chi connectivity index (χ0) is 34.1. The first-order valence-corrected chi connectivity index (χ1v) is 25.6. The molecule has 2 aromatic rings. The number of likely N-dealkylation sites (tertiary alicyclic amines) is 1. The average Bonchev–Trinajstić information content (AvgIpc) is 3.45. The van der Waals surface area contributed by atoms with Gasteiger partial charge in [-0.05, 0) is 0 Å². The van der Waals surface area contributed by atoms with Gasteiger partial charge in [0.05, 0.1) is 0 Å². The first-order chi connectivity index (χ1) is 23.2. The summed E-state index contributed by atoms with van der Waals surface area (Å²) in [5, 5.41) is 31.2. The fraction of sp³-hybridized carbons (Fsp3) is 0.605. The number of phenolic OH excluding ortho intramolecular Hbond substituents is 1. The minimum absolute atomic E-state index is 0.0720. The standard InChI is InChI=1S/C26H24N5O4.3C4H9.Sn/c1-2-12-31-13-11-25-21-16-5-8-19(32)22(21)35-23(25)18(9-10-26(25,34)20(31)14-16)28-24(33)15-3-6-17(7-4-15)29-30-27;3*1-3-4-2;/h1,3-6,8,18,20,23,32,34H,9-14H2,(H,28,33);3*1,3-4H2,2H3;/t18-,20?,23?,25+,26-;;;;/m1..../s1. The van der Waals surface area contributed by atoms with Gasteiger partial charge in [0.1, 0.15) is 0 Å². The minimum atomic E-state index is -3.10. The van der Waals surface area contributed by atoms with E-state index < -0.39 is 35.5 Å². The van der Waals surface area contributed by atoms with Crippen molar-refractivity contribution in [2.75, 3.05) is 13.1 Å². The zero-order valence-corrected chi connectivity index (χ0v) is 31.7. The van der Waals surface area contributed by atoms with Crippen molar-refractivity contribution in [2.45, 2.75) is 127 Å². The number of terminal acetylenes is 1. The molecule has 1 saturated carbocycles. The molecule has 1 spiro atoms. The molecule has 1 saturated heterocycles. The molecule has 4 aliphatic rings. The number of hydrogen-bond acceptors (Lipinski definition) is 6. The number of ether oxygens (including phenoxy) is 1. The molecule has 5 atom stereocenters. The van der Waals surface area contributed by atoms with Crippen LogP contribution in [0, 0.1) is 12.3 Å². The second kappa shape index (κ2) is 14.1. The van der Waals surface area contributed by atoms with Crippen molar-refractivity contribution in [3.05, 3.63) is 57.5 Å². The van der Waals surface area contributed by atoms with Gasteiger partial charge < -0.3 is 0 Å². The number of carbonyl (C=O) groups excluding carboxylic acids is 1. The van der Waals surface area contributed by atoms with Crippen LogP contribution in [0.4, 0.5) is 5.69 Å². The predicted molar refractivity (Wildman–Crippen MR) is 192 cm³/mol. The van der Waals surface area contributed by atoms with Crippen molar-refractivity contribution in [3.8, 4) is 23.8 Å². The normalized spacial score (nSPS) is 26.9. The molecule has 2 fully saturated rings. The van der Waals surface area contributed by atoms with E-state index in [2.05, 4.69) is 53.0 Å². The molecule has 2 bridgehead atoms. The fourth-order valence-corrected chi connectivity index (χ4v) is 26.4. The number of piperidine rings is 1. The molecular weight excluding hydrogens is 709 g/mol. The topological polar surface area (TPSA) is 131 Å². The Labute approximate surface area is 289 Å². The van der Waals surface area contributed by atoms with Crippen molar-refractivity contribution in [1.82, 2.24) is 10.2 Å². The van der Waals surface area contributed by atoms with Crippen LogP contribution in [0.3, 0.4) is 0 Å². The van der Waals surface area contributed by atoms with Gasteiger partial charge >= 0.3 is 278 Å².